The maximum absolute atomic E-state index is 14.9. The van der Waals surface area contributed by atoms with Crippen molar-refractivity contribution in [3.05, 3.63) is 65.2 Å². The topological polar surface area (TPSA) is 411 Å². The maximum Gasteiger partial charge on any atom is 0.410 e. The van der Waals surface area contributed by atoms with Gasteiger partial charge in [0.2, 0.25) is 47.3 Å². The summed E-state index contributed by atoms with van der Waals surface area (Å²) in [5.74, 6) is -7.11. The molecular formula is C70H113N13O16. The minimum absolute atomic E-state index is 0.0173. The van der Waals surface area contributed by atoms with Gasteiger partial charge in [0.1, 0.15) is 42.6 Å². The van der Waals surface area contributed by atoms with Crippen LogP contribution in [0.1, 0.15) is 168 Å². The SMILES string of the molecule is CC[C@H](C)[C@@H]([C@@H](CC(=O)N1CCC[C@H]1C[C@@H](C)C(=O)N[C@H](C)[C@@H](O)c1ccccc1)OC)N(C)C(=O)[C@@H](NC(=O)[C@H](C(C)C)N(C)C(=O)OCc1ccc(NC(=O)[C@H](CCCNC(N)=O)NC(=O)[C@@H](NC(=O)[C@@H](C)NC(=O)CCOCCC(C)=O)C(C)C)cc1C(=O)NCCN)C(C)C. The highest BCUT2D eigenvalue weighted by molar-refractivity contribution is 6.01. The van der Waals surface area contributed by atoms with Crippen LogP contribution in [0.3, 0.4) is 0 Å². The number of nitrogens with zero attached hydrogens (tertiary/aromatic N) is 3. The van der Waals surface area contributed by atoms with Crippen molar-refractivity contribution in [3.63, 3.8) is 0 Å². The van der Waals surface area contributed by atoms with E-state index in [1.165, 1.54) is 51.1 Å². The summed E-state index contributed by atoms with van der Waals surface area (Å²) in [5.41, 5.74) is 11.9. The molecule has 0 aromatic heterocycles. The number of likely N-dealkylation sites (tertiary alicyclic amines) is 1. The zero-order chi connectivity index (χ0) is 74.4. The molecule has 2 aromatic carbocycles. The number of amides is 12. The zero-order valence-corrected chi connectivity index (χ0v) is 60.7. The van der Waals surface area contributed by atoms with Gasteiger partial charge in [0.25, 0.3) is 5.91 Å². The molecule has 554 valence electrons. The fraction of sp³-hybridized carbons (Fsp3) is 0.657. The van der Waals surface area contributed by atoms with Crippen LogP contribution in [0.2, 0.25) is 0 Å². The number of Topliss-reactive ketones (excluding diaryl/α,β-unsaturated/α-hetero) is 1. The molecule has 0 spiro atoms. The molecule has 0 aliphatic carbocycles. The number of nitrogens with one attached hydrogen (secondary N) is 8. The van der Waals surface area contributed by atoms with Crippen molar-refractivity contribution >= 4 is 76.8 Å². The van der Waals surface area contributed by atoms with Crippen molar-refractivity contribution in [3.8, 4) is 0 Å². The lowest BCUT2D eigenvalue weighted by atomic mass is 9.89. The third-order valence-corrected chi connectivity index (χ3v) is 17.8. The molecule has 0 radical (unpaired) electrons. The second kappa shape index (κ2) is 42.6. The van der Waals surface area contributed by atoms with Crippen LogP contribution in [-0.2, 0) is 64.0 Å². The first-order valence-electron chi connectivity index (χ1n) is 34.4. The monoisotopic (exact) mass is 1390 g/mol. The molecule has 99 heavy (non-hydrogen) atoms. The Bertz CT molecular complexity index is 3010. The molecule has 1 aliphatic heterocycles. The largest absolute Gasteiger partial charge is 0.445 e. The van der Waals surface area contributed by atoms with Crippen LogP contribution in [0.4, 0.5) is 15.3 Å². The van der Waals surface area contributed by atoms with Crippen molar-refractivity contribution < 1.29 is 76.9 Å². The summed E-state index contributed by atoms with van der Waals surface area (Å²) in [7, 11) is 4.48. The summed E-state index contributed by atoms with van der Waals surface area (Å²) >= 11 is 0. The average Bonchev–Trinajstić information content (AvgIpc) is 1.77. The van der Waals surface area contributed by atoms with Crippen LogP contribution in [0.5, 0.6) is 0 Å². The number of ether oxygens (including phenoxy) is 3. The lowest BCUT2D eigenvalue weighted by Gasteiger charge is -2.40. The number of methoxy groups -OCH3 is 1. The number of primary amides is 1. The molecule has 3 rings (SSSR count). The normalized spacial score (nSPS) is 16.2. The highest BCUT2D eigenvalue weighted by Crippen LogP contribution is 2.29. The van der Waals surface area contributed by atoms with Crippen LogP contribution in [0, 0.1) is 29.6 Å². The van der Waals surface area contributed by atoms with E-state index < -0.39 is 138 Å². The van der Waals surface area contributed by atoms with E-state index in [2.05, 4.69) is 42.5 Å². The minimum Gasteiger partial charge on any atom is -0.445 e. The van der Waals surface area contributed by atoms with E-state index in [0.717, 1.165) is 11.3 Å². The maximum atomic E-state index is 14.9. The predicted octanol–water partition coefficient (Wildman–Crippen LogP) is 3.55. The Hall–Kier alpha value is -8.28. The molecule has 2 aromatic rings. The van der Waals surface area contributed by atoms with Crippen LogP contribution in [-0.4, -0.2) is 206 Å². The van der Waals surface area contributed by atoms with Gasteiger partial charge < -0.3 is 83.1 Å². The summed E-state index contributed by atoms with van der Waals surface area (Å²) < 4.78 is 17.2. The number of anilines is 1. The molecule has 29 heteroatoms. The number of nitrogens with two attached hydrogens (primary N) is 2. The second-order valence-corrected chi connectivity index (χ2v) is 26.8. The van der Waals surface area contributed by atoms with Gasteiger partial charge in [-0.1, -0.05) is 105 Å². The average molecular weight is 1390 g/mol. The molecule has 13 N–H and O–H groups in total. The number of rotatable bonds is 42. The molecule has 1 heterocycles. The molecule has 1 saturated heterocycles. The quantitative estimate of drug-likeness (QED) is 0.0423. The first-order valence-corrected chi connectivity index (χ1v) is 34.4. The number of hydrogen-bond acceptors (Lipinski definition) is 17. The molecular weight excluding hydrogens is 1280 g/mol. The Morgan fingerprint density at radius 1 is 0.727 bits per heavy atom. The molecule has 12 atom stereocenters. The summed E-state index contributed by atoms with van der Waals surface area (Å²) in [4.78, 5) is 166. The number of carbonyl (C=O) groups excluding carboxylic acids is 12. The third kappa shape index (κ3) is 27.4. The van der Waals surface area contributed by atoms with E-state index in [9.17, 15) is 62.6 Å². The molecule has 0 bridgehead atoms. The standard InChI is InChI=1S/C70H113N13O16/c1-16-43(8)60(54(97-15)38-56(86)83-33-21-24-51(83)36-44(9)62(88)76-46(11)61(87)48-22-18-17-19-23-48)81(13)68(94)58(41(4)5)80-67(93)59(42(6)7)82(14)70(96)99-39-49-26-27-50(37-52(49)64(90)73-32-30-71)77-65(91)53(25-20-31-74-69(72)95)78-66(92)57(40(2)3)79-63(89)47(12)75-55(85)29-35-98-34-28-45(10)84/h17-19,22-23,26-27,37,40-44,46-47,51,53-54,57-61,87H,16,20-21,24-25,28-36,38-39,71H2,1-15H3,(H,73,90)(H,75,85)(H,76,88)(H,77,91)(H,78,92)(H,79,89)(H,80,93)(H3,72,74,95)/t43-,44+,46+,47+,51-,53-,54+,57-,58-,59-,60-,61+/m0/s1. The number of urea groups is 1. The van der Waals surface area contributed by atoms with Crippen molar-refractivity contribution in [2.24, 2.45) is 41.1 Å². The fourth-order valence-electron chi connectivity index (χ4n) is 11.8. The highest BCUT2D eigenvalue weighted by Gasteiger charge is 2.42. The molecule has 0 saturated carbocycles. The van der Waals surface area contributed by atoms with E-state index in [1.807, 2.05) is 39.0 Å². The van der Waals surface area contributed by atoms with Crippen LogP contribution in [0.25, 0.3) is 0 Å². The van der Waals surface area contributed by atoms with E-state index in [0.29, 0.717) is 31.4 Å². The predicted molar refractivity (Wildman–Crippen MR) is 373 cm³/mol. The van der Waals surface area contributed by atoms with Gasteiger partial charge in [0.15, 0.2) is 0 Å². The summed E-state index contributed by atoms with van der Waals surface area (Å²) in [6.45, 7) is 20.9. The summed E-state index contributed by atoms with van der Waals surface area (Å²) in [6.07, 6.45) is -0.0325. The number of benzene rings is 2. The Kier molecular flexibility index (Phi) is 36.6. The summed E-state index contributed by atoms with van der Waals surface area (Å²) in [6, 6.07) is 5.19. The van der Waals surface area contributed by atoms with Crippen LogP contribution >= 0.6 is 0 Å². The lowest BCUT2D eigenvalue weighted by molar-refractivity contribution is -0.146. The highest BCUT2D eigenvalue weighted by atomic mass is 16.6. The second-order valence-electron chi connectivity index (χ2n) is 26.8. The summed E-state index contributed by atoms with van der Waals surface area (Å²) in [5, 5.41) is 32.5. The van der Waals surface area contributed by atoms with E-state index in [1.54, 1.807) is 72.5 Å². The minimum atomic E-state index is -1.29. The van der Waals surface area contributed by atoms with E-state index in [4.69, 9.17) is 25.7 Å². The molecule has 12 amide bonds. The number of ketones is 1. The van der Waals surface area contributed by atoms with Gasteiger partial charge in [-0.05, 0) is 94.2 Å². The number of hydrogen-bond donors (Lipinski definition) is 11. The zero-order valence-electron chi connectivity index (χ0n) is 60.7. The van der Waals surface area contributed by atoms with Crippen molar-refractivity contribution in [2.45, 2.75) is 208 Å². The molecule has 0 unspecified atom stereocenters. The molecule has 29 nitrogen and oxygen atoms in total. The van der Waals surface area contributed by atoms with Crippen molar-refractivity contribution in [1.29, 1.82) is 0 Å². The van der Waals surface area contributed by atoms with Gasteiger partial charge in [0.05, 0.1) is 43.9 Å². The molecule has 1 aliphatic rings. The number of likely N-dealkylation sites (N-methyl/N-ethyl adjacent to an activating group) is 2. The Morgan fingerprint density at radius 3 is 1.97 bits per heavy atom. The van der Waals surface area contributed by atoms with Gasteiger partial charge >= 0.3 is 12.1 Å². The third-order valence-electron chi connectivity index (χ3n) is 17.8. The smallest absolute Gasteiger partial charge is 0.410 e. The lowest BCUT2D eigenvalue weighted by Crippen LogP contribution is -2.60. The number of aliphatic hydroxyl groups is 1. The van der Waals surface area contributed by atoms with Gasteiger partial charge in [-0.15, -0.1) is 0 Å². The Morgan fingerprint density at radius 2 is 1.37 bits per heavy atom. The van der Waals surface area contributed by atoms with E-state index in [-0.39, 0.29) is 111 Å². The Labute approximate surface area is 583 Å². The van der Waals surface area contributed by atoms with Crippen LogP contribution in [0.15, 0.2) is 48.5 Å². The number of carbonyl (C=O) groups is 12. The van der Waals surface area contributed by atoms with Crippen molar-refractivity contribution in [2.75, 3.05) is 65.9 Å². The fourth-order valence-corrected chi connectivity index (χ4v) is 11.8. The molecule has 1 fully saturated rings. The van der Waals surface area contributed by atoms with E-state index >= 15 is 0 Å². The van der Waals surface area contributed by atoms with Gasteiger partial charge in [-0.25, -0.2) is 9.59 Å². The first kappa shape index (κ1) is 84.9. The number of aliphatic hydroxyl groups excluding tert-OH is 1. The van der Waals surface area contributed by atoms with Gasteiger partial charge in [-0.3, -0.25) is 52.8 Å². The first-order chi connectivity index (χ1) is 46.7. The van der Waals surface area contributed by atoms with Gasteiger partial charge in [-0.2, -0.15) is 0 Å². The Balaban J connectivity index is 1.80. The van der Waals surface area contributed by atoms with Crippen LogP contribution < -0.4 is 54.0 Å². The van der Waals surface area contributed by atoms with Crippen molar-refractivity contribution in [1.82, 2.24) is 51.9 Å². The van der Waals surface area contributed by atoms with Gasteiger partial charge in [0, 0.05) is 89.0 Å².